The molecule has 0 aliphatic heterocycles. The highest BCUT2D eigenvalue weighted by atomic mass is 16.5. The van der Waals surface area contributed by atoms with Crippen LogP contribution in [0.4, 0.5) is 0 Å². The molecule has 0 radical (unpaired) electrons. The van der Waals surface area contributed by atoms with Gasteiger partial charge in [-0.2, -0.15) is 0 Å². The maximum Gasteiger partial charge on any atom is 0.221 e. The van der Waals surface area contributed by atoms with Gasteiger partial charge < -0.3 is 15.4 Å². The molecular formula is C15H30N2O2. The summed E-state index contributed by atoms with van der Waals surface area (Å²) in [6, 6.07) is 0. The van der Waals surface area contributed by atoms with Gasteiger partial charge in [-0.1, -0.05) is 32.6 Å². The fraction of sp³-hybridized carbons (Fsp3) is 0.933. The van der Waals surface area contributed by atoms with Crippen molar-refractivity contribution in [3.8, 4) is 0 Å². The lowest BCUT2D eigenvalue weighted by Gasteiger charge is -2.36. The lowest BCUT2D eigenvalue weighted by atomic mass is 9.79. The number of carbonyl (C=O) groups excluding carboxylic acids is 1. The Morgan fingerprint density at radius 2 is 1.95 bits per heavy atom. The molecule has 0 unspecified atom stereocenters. The standard InChI is InChI=1S/C15H30N2O2/c1-3-4-11-19-12-10-17-14(18)13-15(16-2)8-6-5-7-9-15/h16H,3-13H2,1-2H3,(H,17,18). The molecule has 0 atom stereocenters. The van der Waals surface area contributed by atoms with Gasteiger partial charge in [-0.25, -0.2) is 0 Å². The number of carbonyl (C=O) groups is 1. The van der Waals surface area contributed by atoms with Gasteiger partial charge in [-0.05, 0) is 26.3 Å². The molecule has 4 nitrogen and oxygen atoms in total. The van der Waals surface area contributed by atoms with Crippen molar-refractivity contribution in [2.24, 2.45) is 0 Å². The fourth-order valence-corrected chi connectivity index (χ4v) is 2.72. The van der Waals surface area contributed by atoms with Crippen molar-refractivity contribution in [1.29, 1.82) is 0 Å². The number of hydrogen-bond donors (Lipinski definition) is 2. The van der Waals surface area contributed by atoms with Crippen LogP contribution < -0.4 is 10.6 Å². The summed E-state index contributed by atoms with van der Waals surface area (Å²) in [5, 5.41) is 6.34. The molecule has 1 aliphatic carbocycles. The van der Waals surface area contributed by atoms with Crippen LogP contribution >= 0.6 is 0 Å². The molecule has 2 N–H and O–H groups in total. The molecule has 112 valence electrons. The number of hydrogen-bond acceptors (Lipinski definition) is 3. The second-order valence-electron chi connectivity index (χ2n) is 5.58. The normalized spacial score (nSPS) is 18.2. The van der Waals surface area contributed by atoms with Crippen LogP contribution in [0.2, 0.25) is 0 Å². The largest absolute Gasteiger partial charge is 0.380 e. The van der Waals surface area contributed by atoms with Crippen LogP contribution in [0.3, 0.4) is 0 Å². The zero-order valence-electron chi connectivity index (χ0n) is 12.6. The summed E-state index contributed by atoms with van der Waals surface area (Å²) in [6.45, 7) is 4.19. The number of rotatable bonds is 9. The molecule has 0 spiro atoms. The van der Waals surface area contributed by atoms with Gasteiger partial charge in [-0.3, -0.25) is 4.79 Å². The minimum Gasteiger partial charge on any atom is -0.380 e. The fourth-order valence-electron chi connectivity index (χ4n) is 2.72. The monoisotopic (exact) mass is 270 g/mol. The van der Waals surface area contributed by atoms with Crippen molar-refractivity contribution >= 4 is 5.91 Å². The Kier molecular flexibility index (Phi) is 8.07. The second kappa shape index (κ2) is 9.32. The van der Waals surface area contributed by atoms with Crippen LogP contribution in [0.1, 0.15) is 58.3 Å². The Morgan fingerprint density at radius 3 is 2.58 bits per heavy atom. The van der Waals surface area contributed by atoms with Crippen LogP contribution in [0.25, 0.3) is 0 Å². The van der Waals surface area contributed by atoms with Gasteiger partial charge in [0, 0.05) is 25.1 Å². The first-order valence-corrected chi connectivity index (χ1v) is 7.76. The first kappa shape index (κ1) is 16.4. The number of nitrogens with one attached hydrogen (secondary N) is 2. The maximum absolute atomic E-state index is 12.0. The quantitative estimate of drug-likeness (QED) is 0.632. The smallest absolute Gasteiger partial charge is 0.221 e. The molecule has 1 amide bonds. The highest BCUT2D eigenvalue weighted by molar-refractivity contribution is 5.77. The average Bonchev–Trinajstić information content (AvgIpc) is 2.43. The SMILES string of the molecule is CCCCOCCNC(=O)CC1(NC)CCCCC1. The first-order chi connectivity index (χ1) is 9.22. The Labute approximate surface area is 117 Å². The van der Waals surface area contributed by atoms with Crippen LogP contribution in [0.15, 0.2) is 0 Å². The minimum absolute atomic E-state index is 0.0331. The van der Waals surface area contributed by atoms with Gasteiger partial charge in [0.25, 0.3) is 0 Å². The Bertz CT molecular complexity index is 251. The third-order valence-corrected chi connectivity index (χ3v) is 4.05. The Balaban J connectivity index is 2.15. The van der Waals surface area contributed by atoms with Gasteiger partial charge in [0.15, 0.2) is 0 Å². The van der Waals surface area contributed by atoms with E-state index in [1.54, 1.807) is 0 Å². The van der Waals surface area contributed by atoms with Crippen LogP contribution in [-0.2, 0) is 9.53 Å². The predicted molar refractivity (Wildman–Crippen MR) is 78.2 cm³/mol. The van der Waals surface area contributed by atoms with Crippen molar-refractivity contribution in [2.75, 3.05) is 26.8 Å². The molecule has 0 bridgehead atoms. The summed E-state index contributed by atoms with van der Waals surface area (Å²) in [5.74, 6) is 0.148. The summed E-state index contributed by atoms with van der Waals surface area (Å²) >= 11 is 0. The Morgan fingerprint density at radius 1 is 1.21 bits per heavy atom. The number of ether oxygens (including phenoxy) is 1. The van der Waals surface area contributed by atoms with Crippen LogP contribution in [-0.4, -0.2) is 38.3 Å². The average molecular weight is 270 g/mol. The molecule has 0 heterocycles. The maximum atomic E-state index is 12.0. The summed E-state index contributed by atoms with van der Waals surface area (Å²) in [6.07, 6.45) is 8.83. The van der Waals surface area contributed by atoms with E-state index >= 15 is 0 Å². The summed E-state index contributed by atoms with van der Waals surface area (Å²) in [7, 11) is 1.98. The zero-order chi connectivity index (χ0) is 14.0. The molecule has 19 heavy (non-hydrogen) atoms. The summed E-state index contributed by atoms with van der Waals surface area (Å²) in [4.78, 5) is 12.0. The van der Waals surface area contributed by atoms with E-state index in [0.717, 1.165) is 32.3 Å². The molecule has 0 saturated heterocycles. The minimum atomic E-state index is 0.0331. The highest BCUT2D eigenvalue weighted by Crippen LogP contribution is 2.30. The molecule has 0 aromatic heterocycles. The van der Waals surface area contributed by atoms with Gasteiger partial charge in [0.05, 0.1) is 6.61 Å². The third kappa shape index (κ3) is 6.39. The van der Waals surface area contributed by atoms with Crippen LogP contribution in [0.5, 0.6) is 0 Å². The van der Waals surface area contributed by atoms with Gasteiger partial charge in [0.2, 0.25) is 5.91 Å². The second-order valence-corrected chi connectivity index (χ2v) is 5.58. The van der Waals surface area contributed by atoms with E-state index in [9.17, 15) is 4.79 Å². The van der Waals surface area contributed by atoms with Gasteiger partial charge >= 0.3 is 0 Å². The summed E-state index contributed by atoms with van der Waals surface area (Å²) in [5.41, 5.74) is 0.0331. The van der Waals surface area contributed by atoms with Crippen LogP contribution in [0, 0.1) is 0 Å². The van der Waals surface area contributed by atoms with E-state index in [4.69, 9.17) is 4.74 Å². The predicted octanol–water partition coefficient (Wildman–Crippen LogP) is 2.23. The van der Waals surface area contributed by atoms with Crippen molar-refractivity contribution < 1.29 is 9.53 Å². The van der Waals surface area contributed by atoms with E-state index in [2.05, 4.69) is 17.6 Å². The molecule has 4 heteroatoms. The molecule has 1 aliphatic rings. The molecule has 1 saturated carbocycles. The highest BCUT2D eigenvalue weighted by Gasteiger charge is 2.32. The molecule has 1 fully saturated rings. The lowest BCUT2D eigenvalue weighted by molar-refractivity contribution is -0.123. The van der Waals surface area contributed by atoms with Crippen molar-refractivity contribution in [1.82, 2.24) is 10.6 Å². The topological polar surface area (TPSA) is 50.4 Å². The van der Waals surface area contributed by atoms with E-state index in [-0.39, 0.29) is 11.4 Å². The van der Waals surface area contributed by atoms with E-state index in [0.29, 0.717) is 19.6 Å². The third-order valence-electron chi connectivity index (χ3n) is 4.05. The van der Waals surface area contributed by atoms with E-state index in [1.807, 2.05) is 7.05 Å². The lowest BCUT2D eigenvalue weighted by Crippen LogP contribution is -2.48. The summed E-state index contributed by atoms with van der Waals surface area (Å²) < 4.78 is 5.44. The molecule has 0 aromatic rings. The number of unbranched alkanes of at least 4 members (excludes halogenated alkanes) is 1. The van der Waals surface area contributed by atoms with E-state index in [1.165, 1.54) is 19.3 Å². The van der Waals surface area contributed by atoms with Crippen molar-refractivity contribution in [3.63, 3.8) is 0 Å². The first-order valence-electron chi connectivity index (χ1n) is 7.76. The molecule has 1 rings (SSSR count). The Hall–Kier alpha value is -0.610. The van der Waals surface area contributed by atoms with Gasteiger partial charge in [0.1, 0.15) is 0 Å². The van der Waals surface area contributed by atoms with Gasteiger partial charge in [-0.15, -0.1) is 0 Å². The van der Waals surface area contributed by atoms with Crippen molar-refractivity contribution in [2.45, 2.75) is 63.8 Å². The number of amides is 1. The molecule has 0 aromatic carbocycles. The zero-order valence-corrected chi connectivity index (χ0v) is 12.6. The molecular weight excluding hydrogens is 240 g/mol. The van der Waals surface area contributed by atoms with E-state index < -0.39 is 0 Å². The van der Waals surface area contributed by atoms with Crippen molar-refractivity contribution in [3.05, 3.63) is 0 Å².